The third-order valence-corrected chi connectivity index (χ3v) is 20.4. The van der Waals surface area contributed by atoms with E-state index in [9.17, 15) is 92.0 Å². The topological polar surface area (TPSA) is 554 Å². The number of nitrogens with two attached hydrogens (primary N) is 2. The molecule has 0 aliphatic carbocycles. The maximum Gasteiger partial charge on any atom is 0.326 e. The molecule has 3 aliphatic rings. The van der Waals surface area contributed by atoms with E-state index >= 15 is 0 Å². The number of hydrogen-bond donors (Lipinski definition) is 19. The number of thioether (sulfide) groups is 1. The lowest BCUT2D eigenvalue weighted by molar-refractivity contribution is -0.144. The van der Waals surface area contributed by atoms with Gasteiger partial charge in [-0.3, -0.25) is 67.1 Å². The first-order chi connectivity index (χ1) is 46.3. The quantitative estimate of drug-likeness (QED) is 0.0165. The Morgan fingerprint density at radius 1 is 0.602 bits per heavy atom. The molecule has 21 N–H and O–H groups in total. The Hall–Kier alpha value is -7.71. The Balaban J connectivity index is 1.99. The SMILES string of the molecule is CC[C@H](C)[C@H](NC(=O)C1CSSCC(NC(=O)[C@@H](NC(=O)[C@H](CC(=O)O)NC(=O)[C@H](C)N)C(C)C)C(=O)N[C@@H](CCCCNCCCCNC(=O)CCCC[C@@H]2SC[C@@H]3NC(=O)N[C@@H]32)C(=O)NCC(=O)N[C@@H](CC(N)=O)C(=O)N[C@@H]([C@@H](C)CC)C(=O)NC(CC(=O)O)C(=O)N1)C(=O)O. The zero-order valence-corrected chi connectivity index (χ0v) is 58.8. The average Bonchev–Trinajstić information content (AvgIpc) is 1.62. The Kier molecular flexibility index (Phi) is 37.6. The van der Waals surface area contributed by atoms with Crippen molar-refractivity contribution in [2.75, 3.05) is 43.4 Å². The summed E-state index contributed by atoms with van der Waals surface area (Å²) in [6.07, 6.45) is 2.30. The number of hydrogen-bond acceptors (Lipinski definition) is 21. The van der Waals surface area contributed by atoms with Gasteiger partial charge in [-0.1, -0.05) is 82.4 Å². The summed E-state index contributed by atoms with van der Waals surface area (Å²) in [4.78, 5) is 213. The van der Waals surface area contributed by atoms with Gasteiger partial charge in [0.05, 0.1) is 43.9 Å². The van der Waals surface area contributed by atoms with E-state index in [-0.39, 0.29) is 49.7 Å². The number of carbonyl (C=O) groups is 16. The molecule has 15 atom stereocenters. The van der Waals surface area contributed by atoms with Crippen LogP contribution in [-0.4, -0.2) is 231 Å². The van der Waals surface area contributed by atoms with Gasteiger partial charge >= 0.3 is 23.9 Å². The van der Waals surface area contributed by atoms with Crippen LogP contribution in [0.2, 0.25) is 0 Å². The van der Waals surface area contributed by atoms with Gasteiger partial charge in [0.1, 0.15) is 54.4 Å². The monoisotopic (exact) mass is 1440 g/mol. The Bertz CT molecular complexity index is 2810. The van der Waals surface area contributed by atoms with Crippen molar-refractivity contribution in [2.24, 2.45) is 29.2 Å². The van der Waals surface area contributed by atoms with Crippen molar-refractivity contribution in [3.05, 3.63) is 0 Å². The van der Waals surface area contributed by atoms with Crippen LogP contribution in [-0.2, 0) is 71.9 Å². The molecule has 3 saturated heterocycles. The fraction of sp³-hybridized carbons (Fsp3) is 0.733. The smallest absolute Gasteiger partial charge is 0.326 e. The number of rotatable bonds is 35. The highest BCUT2D eigenvalue weighted by molar-refractivity contribution is 8.76. The maximum atomic E-state index is 14.7. The molecule has 98 heavy (non-hydrogen) atoms. The van der Waals surface area contributed by atoms with Crippen LogP contribution in [0.25, 0.3) is 0 Å². The van der Waals surface area contributed by atoms with Gasteiger partial charge < -0.3 is 101 Å². The fourth-order valence-corrected chi connectivity index (χ4v) is 14.2. The van der Waals surface area contributed by atoms with Gasteiger partial charge in [0.15, 0.2) is 0 Å². The Morgan fingerprint density at radius 3 is 1.86 bits per heavy atom. The summed E-state index contributed by atoms with van der Waals surface area (Å²) < 4.78 is 0. The number of carboxylic acids is 3. The number of carboxylic acid groups (broad SMARTS) is 3. The molecular weight excluding hydrogens is 1340 g/mol. The number of fused-ring (bicyclic) bond motifs is 1. The number of amides is 14. The molecule has 3 fully saturated rings. The van der Waals surface area contributed by atoms with E-state index in [2.05, 4.69) is 74.4 Å². The lowest BCUT2D eigenvalue weighted by Gasteiger charge is -2.29. The molecule has 14 amide bonds. The van der Waals surface area contributed by atoms with Crippen LogP contribution in [0.4, 0.5) is 4.79 Å². The summed E-state index contributed by atoms with van der Waals surface area (Å²) in [5, 5.41) is 66.1. The summed E-state index contributed by atoms with van der Waals surface area (Å²) in [5.41, 5.74) is 11.1. The van der Waals surface area contributed by atoms with E-state index < -0.39 is 198 Å². The second-order valence-corrected chi connectivity index (χ2v) is 28.7. The number of unbranched alkanes of at least 4 members (excludes halogenated alkanes) is 3. The highest BCUT2D eigenvalue weighted by Crippen LogP contribution is 2.33. The number of carbonyl (C=O) groups excluding carboxylic acids is 13. The molecule has 0 spiro atoms. The van der Waals surface area contributed by atoms with E-state index in [1.807, 2.05) is 11.8 Å². The van der Waals surface area contributed by atoms with Gasteiger partial charge in [-0.25, -0.2) is 9.59 Å². The standard InChI is InChI=1S/C60H100N16O19S3/c1-8-30(5)47-58(92)69-35(23-44(80)81)52(86)70-39(56(90)75-48(59(93)94)31(6)9-2)28-98-97-27-38(71-57(91)46(29(3)4)73-54(88)36(24-45(82)83)68-50(84)32(7)61)55(89)67-33(51(85)65-25-43(79)66-34(22-41(62)77)53(87)74-47)16-12-13-19-63-20-14-15-21-64-42(78)18-11-10-17-40-49-37(26-96-40)72-60(95)76-49/h29-40,46-49,63H,8-28,61H2,1-7H3,(H2,62,77)(H,64,78)(H,65,85)(H,66,79)(H,67,89)(H,68,84)(H,69,92)(H,70,86)(H,71,91)(H,73,88)(H,74,87)(H,75,90)(H,80,81)(H,82,83)(H,93,94)(H2,72,76,95)/t30-,31-,32-,33-,34-,35?,36-,37-,38?,39?,40-,46-,47-,48-,49-/m0/s1. The zero-order valence-electron chi connectivity index (χ0n) is 56.3. The lowest BCUT2D eigenvalue weighted by atomic mass is 9.97. The summed E-state index contributed by atoms with van der Waals surface area (Å²) in [7, 11) is 1.58. The van der Waals surface area contributed by atoms with Crippen molar-refractivity contribution < 1.29 is 92.0 Å². The van der Waals surface area contributed by atoms with Crippen molar-refractivity contribution in [2.45, 2.75) is 216 Å². The Morgan fingerprint density at radius 2 is 1.23 bits per heavy atom. The van der Waals surface area contributed by atoms with Crippen LogP contribution < -0.4 is 85.9 Å². The van der Waals surface area contributed by atoms with Gasteiger partial charge in [0, 0.05) is 35.5 Å². The largest absolute Gasteiger partial charge is 0.481 e. The summed E-state index contributed by atoms with van der Waals surface area (Å²) in [6, 6.07) is -16.2. The summed E-state index contributed by atoms with van der Waals surface area (Å²) in [5.74, 6) is -18.8. The van der Waals surface area contributed by atoms with E-state index in [1.165, 1.54) is 34.6 Å². The fourth-order valence-electron chi connectivity index (χ4n) is 10.3. The van der Waals surface area contributed by atoms with Crippen LogP contribution in [0.3, 0.4) is 0 Å². The van der Waals surface area contributed by atoms with E-state index in [0.717, 1.165) is 40.2 Å². The zero-order chi connectivity index (χ0) is 73.3. The van der Waals surface area contributed by atoms with Crippen LogP contribution in [0, 0.1) is 17.8 Å². The van der Waals surface area contributed by atoms with Crippen molar-refractivity contribution in [3.63, 3.8) is 0 Å². The predicted octanol–water partition coefficient (Wildman–Crippen LogP) is -3.75. The first-order valence-corrected chi connectivity index (χ1v) is 36.4. The summed E-state index contributed by atoms with van der Waals surface area (Å²) >= 11 is 1.82. The van der Waals surface area contributed by atoms with Crippen LogP contribution >= 0.6 is 33.3 Å². The molecule has 35 nitrogen and oxygen atoms in total. The first kappa shape index (κ1) is 84.5. The summed E-state index contributed by atoms with van der Waals surface area (Å²) in [6.45, 7) is 11.2. The number of nitrogens with one attached hydrogen (secondary N) is 14. The minimum absolute atomic E-state index is 0.0587. The predicted molar refractivity (Wildman–Crippen MR) is 362 cm³/mol. The minimum atomic E-state index is -1.98. The molecule has 3 heterocycles. The molecule has 38 heteroatoms. The van der Waals surface area contributed by atoms with E-state index in [4.69, 9.17) is 11.5 Å². The van der Waals surface area contributed by atoms with Crippen LogP contribution in [0.1, 0.15) is 138 Å². The molecule has 0 radical (unpaired) electrons. The highest BCUT2D eigenvalue weighted by atomic mass is 33.1. The molecule has 0 saturated carbocycles. The minimum Gasteiger partial charge on any atom is -0.481 e. The van der Waals surface area contributed by atoms with E-state index in [1.54, 1.807) is 13.8 Å². The van der Waals surface area contributed by atoms with Crippen LogP contribution in [0.5, 0.6) is 0 Å². The molecule has 552 valence electrons. The highest BCUT2D eigenvalue weighted by Gasteiger charge is 2.43. The molecular formula is C60H100N16O19S3. The van der Waals surface area contributed by atoms with Crippen molar-refractivity contribution >= 4 is 128 Å². The normalized spacial score (nSPS) is 24.0. The van der Waals surface area contributed by atoms with Crippen molar-refractivity contribution in [1.82, 2.24) is 74.4 Å². The second-order valence-electron chi connectivity index (χ2n) is 24.9. The molecule has 3 rings (SSSR count). The second kappa shape index (κ2) is 43.6. The number of urea groups is 1. The molecule has 0 bridgehead atoms. The molecule has 0 aromatic heterocycles. The van der Waals surface area contributed by atoms with Gasteiger partial charge in [-0.05, 0) is 82.7 Å². The Labute approximate surface area is 580 Å². The molecule has 3 aliphatic heterocycles. The third kappa shape index (κ3) is 30.2. The molecule has 0 aromatic carbocycles. The molecule has 0 aromatic rings. The molecule has 3 unspecified atom stereocenters. The van der Waals surface area contributed by atoms with Gasteiger partial charge in [0.2, 0.25) is 70.9 Å². The average molecular weight is 1450 g/mol. The van der Waals surface area contributed by atoms with Crippen molar-refractivity contribution in [3.8, 4) is 0 Å². The van der Waals surface area contributed by atoms with Gasteiger partial charge in [-0.2, -0.15) is 11.8 Å². The van der Waals surface area contributed by atoms with Crippen molar-refractivity contribution in [1.29, 1.82) is 0 Å². The van der Waals surface area contributed by atoms with E-state index in [0.29, 0.717) is 57.0 Å². The van der Waals surface area contributed by atoms with Crippen LogP contribution in [0.15, 0.2) is 0 Å². The maximum absolute atomic E-state index is 14.7. The van der Waals surface area contributed by atoms with Gasteiger partial charge in [0.25, 0.3) is 0 Å². The third-order valence-electron chi connectivity index (χ3n) is 16.5. The lowest BCUT2D eigenvalue weighted by Crippen LogP contribution is -2.61. The van der Waals surface area contributed by atoms with Gasteiger partial charge in [-0.15, -0.1) is 0 Å². The number of aliphatic carboxylic acids is 3. The number of primary amides is 1. The first-order valence-electron chi connectivity index (χ1n) is 32.9.